The van der Waals surface area contributed by atoms with Gasteiger partial charge in [-0.25, -0.2) is 4.98 Å². The van der Waals surface area contributed by atoms with Crippen molar-refractivity contribution in [2.24, 2.45) is 0 Å². The molecule has 21 heavy (non-hydrogen) atoms. The van der Waals surface area contributed by atoms with Crippen molar-refractivity contribution in [3.8, 4) is 11.5 Å². The Morgan fingerprint density at radius 1 is 1.19 bits per heavy atom. The molecule has 1 unspecified atom stereocenters. The van der Waals surface area contributed by atoms with Crippen LogP contribution in [0.2, 0.25) is 0 Å². The second-order valence-electron chi connectivity index (χ2n) is 5.09. The molecule has 0 aliphatic carbocycles. The molecule has 3 aromatic heterocycles. The van der Waals surface area contributed by atoms with E-state index in [0.29, 0.717) is 12.4 Å². The lowest BCUT2D eigenvalue weighted by atomic mass is 10.2. The number of rotatable bonds is 5. The highest BCUT2D eigenvalue weighted by atomic mass is 16.4. The molecule has 0 aliphatic rings. The Kier molecular flexibility index (Phi) is 3.62. The molecule has 0 radical (unpaired) electrons. The minimum Gasteiger partial charge on any atom is -0.460 e. The monoisotopic (exact) mass is 286 g/mol. The summed E-state index contributed by atoms with van der Waals surface area (Å²) in [4.78, 5) is 4.23. The van der Waals surface area contributed by atoms with Crippen LogP contribution < -0.4 is 5.32 Å². The van der Waals surface area contributed by atoms with Gasteiger partial charge in [0, 0.05) is 12.1 Å². The topological polar surface area (TPSA) is 79.9 Å². The van der Waals surface area contributed by atoms with Crippen LogP contribution in [0.1, 0.15) is 35.9 Å². The second kappa shape index (κ2) is 5.57. The van der Waals surface area contributed by atoms with Crippen LogP contribution >= 0.6 is 0 Å². The third-order valence-electron chi connectivity index (χ3n) is 3.31. The summed E-state index contributed by atoms with van der Waals surface area (Å²) in [6.45, 7) is 6.47. The normalized spacial score (nSPS) is 12.7. The number of aromatic nitrogens is 3. The number of nitrogens with one attached hydrogen (secondary N) is 2. The van der Waals surface area contributed by atoms with Crippen molar-refractivity contribution in [2.45, 2.75) is 33.4 Å². The Bertz CT molecular complexity index is 725. The molecule has 2 N–H and O–H groups in total. The summed E-state index contributed by atoms with van der Waals surface area (Å²) in [7, 11) is 0. The highest BCUT2D eigenvalue weighted by Gasteiger charge is 2.14. The fourth-order valence-corrected chi connectivity index (χ4v) is 2.15. The smallest absolute Gasteiger partial charge is 0.211 e. The van der Waals surface area contributed by atoms with Gasteiger partial charge in [0.25, 0.3) is 0 Å². The molecule has 0 bridgehead atoms. The maximum atomic E-state index is 5.63. The van der Waals surface area contributed by atoms with Gasteiger partial charge in [-0.1, -0.05) is 0 Å². The maximum absolute atomic E-state index is 5.63. The molecule has 6 heteroatoms. The van der Waals surface area contributed by atoms with Crippen molar-refractivity contribution in [2.75, 3.05) is 0 Å². The molecule has 3 aromatic rings. The van der Waals surface area contributed by atoms with Gasteiger partial charge in [-0.15, -0.1) is 0 Å². The molecule has 0 aliphatic heterocycles. The molecular formula is C15H18N4O2. The first-order valence-electron chi connectivity index (χ1n) is 6.88. The van der Waals surface area contributed by atoms with Gasteiger partial charge in [0.1, 0.15) is 17.2 Å². The zero-order valence-corrected chi connectivity index (χ0v) is 12.3. The van der Waals surface area contributed by atoms with E-state index in [1.54, 1.807) is 12.4 Å². The molecule has 3 rings (SSSR count). The molecule has 3 heterocycles. The van der Waals surface area contributed by atoms with Gasteiger partial charge in [-0.2, -0.15) is 5.10 Å². The SMILES string of the molecule is Cc1ccc(-c2[nH]ncc2CNC(C)c2ncc(C)o2)o1. The fourth-order valence-electron chi connectivity index (χ4n) is 2.15. The lowest BCUT2D eigenvalue weighted by Crippen LogP contribution is -2.18. The van der Waals surface area contributed by atoms with Gasteiger partial charge in [-0.3, -0.25) is 5.10 Å². The fraction of sp³-hybridized carbons (Fsp3) is 0.333. The molecule has 6 nitrogen and oxygen atoms in total. The number of aromatic amines is 1. The molecule has 0 saturated heterocycles. The minimum absolute atomic E-state index is 0.0276. The molecule has 0 fully saturated rings. The zero-order valence-electron chi connectivity index (χ0n) is 12.3. The maximum Gasteiger partial charge on any atom is 0.211 e. The molecule has 110 valence electrons. The van der Waals surface area contributed by atoms with E-state index in [0.717, 1.165) is 28.5 Å². The molecule has 0 spiro atoms. The quantitative estimate of drug-likeness (QED) is 0.753. The van der Waals surface area contributed by atoms with Crippen LogP contribution in [0.25, 0.3) is 11.5 Å². The Hall–Kier alpha value is -2.34. The van der Waals surface area contributed by atoms with Gasteiger partial charge < -0.3 is 14.2 Å². The summed E-state index contributed by atoms with van der Waals surface area (Å²) in [5, 5.41) is 10.5. The predicted octanol–water partition coefficient (Wildman–Crippen LogP) is 3.13. The third-order valence-corrected chi connectivity index (χ3v) is 3.31. The summed E-state index contributed by atoms with van der Waals surface area (Å²) in [5.74, 6) is 3.17. The van der Waals surface area contributed by atoms with Crippen LogP contribution in [-0.2, 0) is 6.54 Å². The van der Waals surface area contributed by atoms with E-state index >= 15 is 0 Å². The highest BCUT2D eigenvalue weighted by molar-refractivity contribution is 5.56. The number of H-pyrrole nitrogens is 1. The van der Waals surface area contributed by atoms with Crippen LogP contribution in [-0.4, -0.2) is 15.2 Å². The average Bonchev–Trinajstić information content (AvgIpc) is 3.16. The highest BCUT2D eigenvalue weighted by Crippen LogP contribution is 2.23. The van der Waals surface area contributed by atoms with Gasteiger partial charge in [0.2, 0.25) is 5.89 Å². The lowest BCUT2D eigenvalue weighted by molar-refractivity contribution is 0.402. The van der Waals surface area contributed by atoms with Crippen molar-refractivity contribution in [1.29, 1.82) is 0 Å². The molecule has 0 saturated carbocycles. The van der Waals surface area contributed by atoms with Crippen molar-refractivity contribution >= 4 is 0 Å². The van der Waals surface area contributed by atoms with Crippen molar-refractivity contribution < 1.29 is 8.83 Å². The van der Waals surface area contributed by atoms with Crippen LogP contribution in [0.15, 0.2) is 33.4 Å². The van der Waals surface area contributed by atoms with Gasteiger partial charge >= 0.3 is 0 Å². The Morgan fingerprint density at radius 3 is 2.71 bits per heavy atom. The van der Waals surface area contributed by atoms with Crippen LogP contribution in [0, 0.1) is 13.8 Å². The number of aryl methyl sites for hydroxylation is 2. The number of oxazole rings is 1. The Labute approximate surface area is 122 Å². The van der Waals surface area contributed by atoms with E-state index in [1.807, 2.05) is 32.9 Å². The van der Waals surface area contributed by atoms with Crippen LogP contribution in [0.3, 0.4) is 0 Å². The van der Waals surface area contributed by atoms with Gasteiger partial charge in [-0.05, 0) is 32.9 Å². The molecule has 0 aromatic carbocycles. The minimum atomic E-state index is 0.0276. The lowest BCUT2D eigenvalue weighted by Gasteiger charge is -2.09. The van der Waals surface area contributed by atoms with E-state index in [9.17, 15) is 0 Å². The van der Waals surface area contributed by atoms with E-state index in [1.165, 1.54) is 0 Å². The van der Waals surface area contributed by atoms with Crippen LogP contribution in [0.4, 0.5) is 0 Å². The van der Waals surface area contributed by atoms with Crippen molar-refractivity contribution in [3.63, 3.8) is 0 Å². The summed E-state index contributed by atoms with van der Waals surface area (Å²) in [6, 6.07) is 3.90. The van der Waals surface area contributed by atoms with E-state index in [2.05, 4.69) is 20.5 Å². The molecule has 0 amide bonds. The summed E-state index contributed by atoms with van der Waals surface area (Å²) in [6.07, 6.45) is 3.52. The molecule has 1 atom stereocenters. The van der Waals surface area contributed by atoms with Crippen molar-refractivity contribution in [3.05, 3.63) is 47.5 Å². The number of hydrogen-bond acceptors (Lipinski definition) is 5. The van der Waals surface area contributed by atoms with Crippen LogP contribution in [0.5, 0.6) is 0 Å². The first-order valence-corrected chi connectivity index (χ1v) is 6.88. The Balaban J connectivity index is 1.70. The first kappa shape index (κ1) is 13.6. The number of furan rings is 1. The van der Waals surface area contributed by atoms with Crippen molar-refractivity contribution in [1.82, 2.24) is 20.5 Å². The zero-order chi connectivity index (χ0) is 14.8. The predicted molar refractivity (Wildman–Crippen MR) is 77.5 cm³/mol. The largest absolute Gasteiger partial charge is 0.460 e. The summed E-state index contributed by atoms with van der Waals surface area (Å²) >= 11 is 0. The van der Waals surface area contributed by atoms with E-state index in [-0.39, 0.29) is 6.04 Å². The van der Waals surface area contributed by atoms with E-state index < -0.39 is 0 Å². The third kappa shape index (κ3) is 2.90. The Morgan fingerprint density at radius 2 is 2.05 bits per heavy atom. The van der Waals surface area contributed by atoms with Gasteiger partial charge in [0.05, 0.1) is 18.4 Å². The standard InChI is InChI=1S/C15H18N4O2/c1-9-4-5-13(20-9)14-12(8-18-19-14)7-16-11(3)15-17-6-10(2)21-15/h4-6,8,11,16H,7H2,1-3H3,(H,18,19). The second-order valence-corrected chi connectivity index (χ2v) is 5.09. The summed E-state index contributed by atoms with van der Waals surface area (Å²) < 4.78 is 11.2. The molecular weight excluding hydrogens is 268 g/mol. The van der Waals surface area contributed by atoms with E-state index in [4.69, 9.17) is 8.83 Å². The number of nitrogens with zero attached hydrogens (tertiary/aromatic N) is 2. The average molecular weight is 286 g/mol. The van der Waals surface area contributed by atoms with Gasteiger partial charge in [0.15, 0.2) is 5.76 Å². The number of hydrogen-bond donors (Lipinski definition) is 2. The first-order chi connectivity index (χ1) is 10.1. The summed E-state index contributed by atoms with van der Waals surface area (Å²) in [5.41, 5.74) is 1.94.